The molecule has 6 heteroatoms. The molecule has 0 amide bonds. The molecule has 0 aliphatic rings. The van der Waals surface area contributed by atoms with Crippen LogP contribution >= 0.6 is 15.9 Å². The molecule has 0 radical (unpaired) electrons. The van der Waals surface area contributed by atoms with E-state index in [2.05, 4.69) is 26.1 Å². The lowest BCUT2D eigenvalue weighted by molar-refractivity contribution is 0.289. The van der Waals surface area contributed by atoms with Crippen LogP contribution in [0.15, 0.2) is 22.7 Å². The average Bonchev–Trinajstić information content (AvgIpc) is 2.68. The quantitative estimate of drug-likeness (QED) is 0.908. The summed E-state index contributed by atoms with van der Waals surface area (Å²) in [6.07, 6.45) is 0.849. The van der Waals surface area contributed by atoms with Gasteiger partial charge >= 0.3 is 0 Å². The highest BCUT2D eigenvalue weighted by Gasteiger charge is 2.08. The van der Waals surface area contributed by atoms with Crippen LogP contribution in [-0.4, -0.2) is 20.8 Å². The molecule has 0 aliphatic heterocycles. The van der Waals surface area contributed by atoms with Gasteiger partial charge in [0.15, 0.2) is 5.82 Å². The van der Waals surface area contributed by atoms with Crippen LogP contribution in [0.25, 0.3) is 0 Å². The van der Waals surface area contributed by atoms with Gasteiger partial charge in [0.05, 0.1) is 4.47 Å². The van der Waals surface area contributed by atoms with Gasteiger partial charge in [0.25, 0.3) is 0 Å². The molecule has 2 aromatic rings. The lowest BCUT2D eigenvalue weighted by Gasteiger charge is -2.10. The Kier molecular flexibility index (Phi) is 4.77. The summed E-state index contributed by atoms with van der Waals surface area (Å²) in [7, 11) is 1.93. The van der Waals surface area contributed by atoms with E-state index in [1.165, 1.54) is 5.56 Å². The Morgan fingerprint density at radius 2 is 2.15 bits per heavy atom. The smallest absolute Gasteiger partial charge is 0.170 e. The Bertz CT molecular complexity index is 595. The second-order valence-electron chi connectivity index (χ2n) is 4.96. The van der Waals surface area contributed by atoms with E-state index in [0.29, 0.717) is 6.61 Å². The second kappa shape index (κ2) is 6.37. The van der Waals surface area contributed by atoms with Crippen molar-refractivity contribution < 1.29 is 4.74 Å². The summed E-state index contributed by atoms with van der Waals surface area (Å²) in [6.45, 7) is 4.30. The van der Waals surface area contributed by atoms with Crippen LogP contribution < -0.4 is 10.5 Å². The number of benzene rings is 1. The van der Waals surface area contributed by atoms with Crippen LogP contribution in [0, 0.1) is 6.92 Å². The third-order valence-corrected chi connectivity index (χ3v) is 3.71. The number of rotatable bonds is 5. The van der Waals surface area contributed by atoms with Crippen molar-refractivity contribution in [3.05, 3.63) is 39.9 Å². The molecule has 2 rings (SSSR count). The zero-order chi connectivity index (χ0) is 14.7. The maximum Gasteiger partial charge on any atom is 0.170 e. The van der Waals surface area contributed by atoms with E-state index >= 15 is 0 Å². The predicted molar refractivity (Wildman–Crippen MR) is 81.6 cm³/mol. The Morgan fingerprint density at radius 1 is 1.40 bits per heavy atom. The maximum atomic E-state index is 5.80. The Hall–Kier alpha value is -1.40. The first-order valence-corrected chi connectivity index (χ1v) is 7.28. The van der Waals surface area contributed by atoms with Crippen LogP contribution in [0.1, 0.15) is 24.1 Å². The third kappa shape index (κ3) is 3.58. The van der Waals surface area contributed by atoms with Gasteiger partial charge in [-0.25, -0.2) is 0 Å². The summed E-state index contributed by atoms with van der Waals surface area (Å²) < 4.78 is 8.62. The van der Waals surface area contributed by atoms with Crippen LogP contribution in [-0.2, 0) is 20.1 Å². The lowest BCUT2D eigenvalue weighted by atomic mass is 10.1. The molecule has 0 fully saturated rings. The summed E-state index contributed by atoms with van der Waals surface area (Å²) in [4.78, 5) is 0. The molecule has 0 spiro atoms. The van der Waals surface area contributed by atoms with Gasteiger partial charge in [-0.15, -0.1) is 10.2 Å². The Morgan fingerprint density at radius 3 is 2.70 bits per heavy atom. The van der Waals surface area contributed by atoms with E-state index in [-0.39, 0.29) is 6.04 Å². The lowest BCUT2D eigenvalue weighted by Crippen LogP contribution is -2.17. The van der Waals surface area contributed by atoms with Gasteiger partial charge in [0, 0.05) is 13.1 Å². The standard InChI is InChI=1S/C14H19BrN4O/c1-9(16)6-11-4-5-13(12(15)7-11)20-8-14-18-17-10(2)19(14)3/h4-5,7,9H,6,8,16H2,1-3H3. The Labute approximate surface area is 127 Å². The number of aromatic nitrogens is 3. The molecule has 2 N–H and O–H groups in total. The molecule has 5 nitrogen and oxygen atoms in total. The van der Waals surface area contributed by atoms with Crippen molar-refractivity contribution in [1.82, 2.24) is 14.8 Å². The first kappa shape index (κ1) is 15.0. The normalized spacial score (nSPS) is 12.4. The number of ether oxygens (including phenoxy) is 1. The van der Waals surface area contributed by atoms with E-state index < -0.39 is 0 Å². The van der Waals surface area contributed by atoms with Crippen LogP contribution in [0.5, 0.6) is 5.75 Å². The number of aryl methyl sites for hydroxylation is 1. The summed E-state index contributed by atoms with van der Waals surface area (Å²) >= 11 is 3.53. The molecule has 1 unspecified atom stereocenters. The number of nitrogens with two attached hydrogens (primary N) is 1. The SMILES string of the molecule is Cc1nnc(COc2ccc(CC(C)N)cc2Br)n1C. The van der Waals surface area contributed by atoms with Crippen molar-refractivity contribution in [3.8, 4) is 5.75 Å². The summed E-state index contributed by atoms with van der Waals surface area (Å²) in [5, 5.41) is 8.08. The summed E-state index contributed by atoms with van der Waals surface area (Å²) in [5.41, 5.74) is 6.99. The first-order chi connectivity index (χ1) is 9.47. The Balaban J connectivity index is 2.05. The minimum Gasteiger partial charge on any atom is -0.484 e. The monoisotopic (exact) mass is 338 g/mol. The molecule has 1 aromatic heterocycles. The fraction of sp³-hybridized carbons (Fsp3) is 0.429. The average molecular weight is 339 g/mol. The minimum atomic E-state index is 0.148. The fourth-order valence-corrected chi connectivity index (χ4v) is 2.42. The van der Waals surface area contributed by atoms with E-state index in [1.54, 1.807) is 0 Å². The van der Waals surface area contributed by atoms with Crippen molar-refractivity contribution in [1.29, 1.82) is 0 Å². The molecular weight excluding hydrogens is 320 g/mol. The highest BCUT2D eigenvalue weighted by atomic mass is 79.9. The van der Waals surface area contributed by atoms with Gasteiger partial charge in [0.2, 0.25) is 0 Å². The number of hydrogen-bond donors (Lipinski definition) is 1. The van der Waals surface area contributed by atoms with Crippen molar-refractivity contribution in [2.24, 2.45) is 12.8 Å². The largest absolute Gasteiger partial charge is 0.484 e. The molecule has 1 aromatic carbocycles. The molecule has 108 valence electrons. The van der Waals surface area contributed by atoms with Gasteiger partial charge in [0.1, 0.15) is 18.2 Å². The van der Waals surface area contributed by atoms with E-state index in [4.69, 9.17) is 10.5 Å². The molecule has 1 heterocycles. The molecule has 0 saturated carbocycles. The van der Waals surface area contributed by atoms with E-state index in [1.807, 2.05) is 43.7 Å². The molecule has 0 saturated heterocycles. The zero-order valence-electron chi connectivity index (χ0n) is 11.9. The minimum absolute atomic E-state index is 0.148. The van der Waals surface area contributed by atoms with Gasteiger partial charge in [-0.2, -0.15) is 0 Å². The van der Waals surface area contributed by atoms with E-state index in [9.17, 15) is 0 Å². The zero-order valence-corrected chi connectivity index (χ0v) is 13.5. The second-order valence-corrected chi connectivity index (χ2v) is 5.81. The van der Waals surface area contributed by atoms with Gasteiger partial charge in [-0.1, -0.05) is 6.07 Å². The first-order valence-electron chi connectivity index (χ1n) is 6.49. The molecule has 0 aliphatic carbocycles. The molecule has 1 atom stereocenters. The molecular formula is C14H19BrN4O. The summed E-state index contributed by atoms with van der Waals surface area (Å²) in [5.74, 6) is 2.46. The van der Waals surface area contributed by atoms with Crippen molar-refractivity contribution in [3.63, 3.8) is 0 Å². The van der Waals surface area contributed by atoms with Crippen LogP contribution in [0.2, 0.25) is 0 Å². The van der Waals surface area contributed by atoms with Crippen LogP contribution in [0.4, 0.5) is 0 Å². The summed E-state index contributed by atoms with van der Waals surface area (Å²) in [6, 6.07) is 6.17. The van der Waals surface area contributed by atoms with Gasteiger partial charge < -0.3 is 15.0 Å². The van der Waals surface area contributed by atoms with Gasteiger partial charge in [-0.05, 0) is 53.9 Å². The number of halogens is 1. The van der Waals surface area contributed by atoms with Crippen molar-refractivity contribution in [2.45, 2.75) is 32.9 Å². The maximum absolute atomic E-state index is 5.80. The predicted octanol–water partition coefficient (Wildman–Crippen LogP) is 2.35. The number of hydrogen-bond acceptors (Lipinski definition) is 4. The van der Waals surface area contributed by atoms with Crippen LogP contribution in [0.3, 0.4) is 0 Å². The van der Waals surface area contributed by atoms with Crippen molar-refractivity contribution >= 4 is 15.9 Å². The van der Waals surface area contributed by atoms with E-state index in [0.717, 1.165) is 28.3 Å². The van der Waals surface area contributed by atoms with Gasteiger partial charge in [-0.3, -0.25) is 0 Å². The number of nitrogens with zero attached hydrogens (tertiary/aromatic N) is 3. The molecule has 0 bridgehead atoms. The molecule has 20 heavy (non-hydrogen) atoms. The highest BCUT2D eigenvalue weighted by molar-refractivity contribution is 9.10. The van der Waals surface area contributed by atoms with Crippen molar-refractivity contribution in [2.75, 3.05) is 0 Å². The fourth-order valence-electron chi connectivity index (χ4n) is 1.88. The third-order valence-electron chi connectivity index (χ3n) is 3.09. The highest BCUT2D eigenvalue weighted by Crippen LogP contribution is 2.27. The topological polar surface area (TPSA) is 66.0 Å².